The maximum Gasteiger partial charge on any atom is 0.410 e. The van der Waals surface area contributed by atoms with Crippen LogP contribution in [0.4, 0.5) is 21.1 Å². The summed E-state index contributed by atoms with van der Waals surface area (Å²) in [7, 11) is 3.11. The van der Waals surface area contributed by atoms with Crippen LogP contribution in [0.5, 0.6) is 0 Å². The number of aromatic nitrogens is 2. The maximum atomic E-state index is 12.7. The number of nitrogens with two attached hydrogens (primary N) is 1. The number of ether oxygens (including phenoxy) is 2. The van der Waals surface area contributed by atoms with Gasteiger partial charge in [-0.3, -0.25) is 19.3 Å². The van der Waals surface area contributed by atoms with Crippen molar-refractivity contribution in [2.75, 3.05) is 50.1 Å². The van der Waals surface area contributed by atoms with Gasteiger partial charge in [0.15, 0.2) is 5.82 Å². The van der Waals surface area contributed by atoms with Crippen molar-refractivity contribution in [3.63, 3.8) is 0 Å². The number of hydrogen-bond acceptors (Lipinski definition) is 9. The SMILES string of the molecule is CC#N.COC(=O)CCN(C(N)=O)c1nn(C)c2c(NCCCN3[C@H](C)CN(C(=O)OCc4ccccc4)C[C@@H]3C)cccc12. The lowest BCUT2D eigenvalue weighted by Gasteiger charge is -2.44. The van der Waals surface area contributed by atoms with Crippen LogP contribution in [0.25, 0.3) is 10.9 Å². The summed E-state index contributed by atoms with van der Waals surface area (Å²) in [6.07, 6.45) is 0.624. The number of amides is 3. The number of nitrogens with one attached hydrogen (secondary N) is 1. The van der Waals surface area contributed by atoms with Crippen LogP contribution in [0.15, 0.2) is 48.5 Å². The van der Waals surface area contributed by atoms with Crippen molar-refractivity contribution < 1.29 is 23.9 Å². The molecule has 2 heterocycles. The lowest BCUT2D eigenvalue weighted by molar-refractivity contribution is -0.140. The first-order chi connectivity index (χ1) is 21.6. The van der Waals surface area contributed by atoms with Crippen molar-refractivity contribution in [1.29, 1.82) is 5.26 Å². The summed E-state index contributed by atoms with van der Waals surface area (Å²) < 4.78 is 12.0. The van der Waals surface area contributed by atoms with E-state index in [-0.39, 0.29) is 37.7 Å². The van der Waals surface area contributed by atoms with Crippen LogP contribution in [-0.4, -0.2) is 89.6 Å². The van der Waals surface area contributed by atoms with Crippen LogP contribution in [0, 0.1) is 11.3 Å². The van der Waals surface area contributed by atoms with E-state index in [9.17, 15) is 14.4 Å². The second-order valence-electron chi connectivity index (χ2n) is 10.8. The molecule has 0 spiro atoms. The van der Waals surface area contributed by atoms with Gasteiger partial charge < -0.3 is 25.4 Å². The summed E-state index contributed by atoms with van der Waals surface area (Å²) in [6.45, 7) is 8.89. The van der Waals surface area contributed by atoms with Gasteiger partial charge in [-0.15, -0.1) is 0 Å². The van der Waals surface area contributed by atoms with Gasteiger partial charge in [-0.25, -0.2) is 9.59 Å². The Balaban J connectivity index is 0.00000177. The molecule has 3 N–H and O–H groups in total. The van der Waals surface area contributed by atoms with Gasteiger partial charge >= 0.3 is 18.1 Å². The van der Waals surface area contributed by atoms with Crippen molar-refractivity contribution in [3.05, 3.63) is 54.1 Å². The van der Waals surface area contributed by atoms with Gasteiger partial charge in [0, 0.05) is 64.2 Å². The fourth-order valence-corrected chi connectivity index (χ4v) is 5.53. The van der Waals surface area contributed by atoms with Crippen molar-refractivity contribution in [2.45, 2.75) is 52.3 Å². The van der Waals surface area contributed by atoms with Gasteiger partial charge in [-0.05, 0) is 38.0 Å². The van der Waals surface area contributed by atoms with Gasteiger partial charge in [-0.2, -0.15) is 10.4 Å². The molecule has 13 heteroatoms. The molecule has 4 rings (SSSR count). The first-order valence-corrected chi connectivity index (χ1v) is 15.0. The van der Waals surface area contributed by atoms with Crippen LogP contribution in [0.1, 0.15) is 39.2 Å². The number of anilines is 2. The minimum absolute atomic E-state index is 0.00935. The molecule has 0 unspecified atom stereocenters. The summed E-state index contributed by atoms with van der Waals surface area (Å²) in [5.41, 5.74) is 8.32. The van der Waals surface area contributed by atoms with Crippen LogP contribution in [-0.2, 0) is 27.9 Å². The van der Waals surface area contributed by atoms with E-state index >= 15 is 0 Å². The summed E-state index contributed by atoms with van der Waals surface area (Å²) in [6, 6.07) is 16.9. The number of methoxy groups -OCH3 is 1. The monoisotopic (exact) mass is 620 g/mol. The second kappa shape index (κ2) is 16.9. The van der Waals surface area contributed by atoms with Gasteiger partial charge in [0.25, 0.3) is 0 Å². The van der Waals surface area contributed by atoms with Crippen molar-refractivity contribution in [3.8, 4) is 6.07 Å². The molecule has 45 heavy (non-hydrogen) atoms. The highest BCUT2D eigenvalue weighted by Gasteiger charge is 2.32. The number of esters is 1. The number of rotatable bonds is 11. The zero-order chi connectivity index (χ0) is 32.9. The number of urea groups is 1. The predicted octanol–water partition coefficient (Wildman–Crippen LogP) is 4.08. The third kappa shape index (κ3) is 9.33. The van der Waals surface area contributed by atoms with Gasteiger partial charge in [0.1, 0.15) is 6.61 Å². The van der Waals surface area contributed by atoms with E-state index in [0.29, 0.717) is 18.9 Å². The Labute approximate surface area is 264 Å². The molecular weight excluding hydrogens is 576 g/mol. The van der Waals surface area contributed by atoms with E-state index < -0.39 is 12.0 Å². The van der Waals surface area contributed by atoms with Crippen LogP contribution < -0.4 is 16.0 Å². The van der Waals surface area contributed by atoms with E-state index in [1.165, 1.54) is 18.9 Å². The summed E-state index contributed by atoms with van der Waals surface area (Å²) >= 11 is 0. The van der Waals surface area contributed by atoms with Crippen LogP contribution in [0.3, 0.4) is 0 Å². The molecular formula is C32H44N8O5. The molecule has 13 nitrogen and oxygen atoms in total. The summed E-state index contributed by atoms with van der Waals surface area (Å²) in [4.78, 5) is 42.1. The molecule has 1 aromatic heterocycles. The number of carbonyl (C=O) groups is 3. The number of nitrogens with zero attached hydrogens (tertiary/aromatic N) is 6. The largest absolute Gasteiger partial charge is 0.469 e. The normalized spacial score (nSPS) is 16.2. The maximum absolute atomic E-state index is 12.7. The first kappa shape index (κ1) is 34.7. The first-order valence-electron chi connectivity index (χ1n) is 15.0. The topological polar surface area (TPSA) is 159 Å². The Morgan fingerprint density at radius 3 is 2.40 bits per heavy atom. The predicted molar refractivity (Wildman–Crippen MR) is 173 cm³/mol. The zero-order valence-corrected chi connectivity index (χ0v) is 26.7. The Morgan fingerprint density at radius 2 is 1.78 bits per heavy atom. The molecule has 3 aromatic rings. The number of piperazine rings is 1. The average molecular weight is 621 g/mol. The number of carbonyl (C=O) groups excluding carboxylic acids is 3. The molecule has 0 saturated carbocycles. The minimum Gasteiger partial charge on any atom is -0.469 e. The minimum atomic E-state index is -0.690. The smallest absolute Gasteiger partial charge is 0.410 e. The molecule has 1 fully saturated rings. The fraction of sp³-hybridized carbons (Fsp3) is 0.469. The number of hydrogen-bond donors (Lipinski definition) is 2. The molecule has 0 aliphatic carbocycles. The van der Waals surface area contributed by atoms with Gasteiger partial charge in [0.05, 0.1) is 30.8 Å². The molecule has 1 saturated heterocycles. The third-order valence-corrected chi connectivity index (χ3v) is 7.61. The molecule has 0 radical (unpaired) electrons. The molecule has 2 atom stereocenters. The number of primary amides is 1. The third-order valence-electron chi connectivity index (χ3n) is 7.61. The number of fused-ring (bicyclic) bond motifs is 1. The quantitative estimate of drug-likeness (QED) is 0.238. The fourth-order valence-electron chi connectivity index (χ4n) is 5.53. The Kier molecular flexibility index (Phi) is 13.0. The lowest BCUT2D eigenvalue weighted by atomic mass is 10.1. The standard InChI is InChI=1S/C30H41N7O5.C2H3N/c1-21-18-35(30(40)42-20-23-10-6-5-7-11-23)19-22(2)36(21)16-9-15-32-25-13-8-12-24-27(25)34(3)33-28(24)37(29(31)39)17-14-26(38)41-4;1-2-3/h5-8,10-13,21-22,32H,9,14-20H2,1-4H3,(H2,31,39);1H3/t21-,22+;. The molecule has 2 aromatic carbocycles. The Hall–Kier alpha value is -4.83. The van der Waals surface area contributed by atoms with Crippen molar-refractivity contribution >= 4 is 40.5 Å². The summed E-state index contributed by atoms with van der Waals surface area (Å²) in [5.74, 6) is -0.0350. The molecule has 1 aliphatic heterocycles. The highest BCUT2D eigenvalue weighted by Crippen LogP contribution is 2.31. The van der Waals surface area contributed by atoms with Gasteiger partial charge in [0.2, 0.25) is 0 Å². The van der Waals surface area contributed by atoms with E-state index in [1.807, 2.05) is 55.6 Å². The van der Waals surface area contributed by atoms with E-state index in [2.05, 4.69) is 29.2 Å². The van der Waals surface area contributed by atoms with Crippen LogP contribution >= 0.6 is 0 Å². The average Bonchev–Trinajstić information content (AvgIpc) is 3.36. The molecule has 0 bridgehead atoms. The number of benzene rings is 2. The lowest BCUT2D eigenvalue weighted by Crippen LogP contribution is -2.58. The number of para-hydroxylation sites is 1. The van der Waals surface area contributed by atoms with E-state index in [4.69, 9.17) is 20.5 Å². The number of nitriles is 1. The van der Waals surface area contributed by atoms with E-state index in [0.717, 1.165) is 41.7 Å². The Morgan fingerprint density at radius 1 is 1.11 bits per heavy atom. The van der Waals surface area contributed by atoms with Gasteiger partial charge in [-0.1, -0.05) is 36.4 Å². The molecule has 3 amide bonds. The zero-order valence-electron chi connectivity index (χ0n) is 26.7. The second-order valence-corrected chi connectivity index (χ2v) is 10.8. The molecule has 242 valence electrons. The van der Waals surface area contributed by atoms with Crippen LogP contribution in [0.2, 0.25) is 0 Å². The van der Waals surface area contributed by atoms with E-state index in [1.54, 1.807) is 15.7 Å². The summed E-state index contributed by atoms with van der Waals surface area (Å²) in [5, 5.41) is 16.1. The Bertz CT molecular complexity index is 1460. The molecule has 1 aliphatic rings. The number of aryl methyl sites for hydroxylation is 1. The highest BCUT2D eigenvalue weighted by atomic mass is 16.6. The van der Waals surface area contributed by atoms with Crippen molar-refractivity contribution in [2.24, 2.45) is 12.8 Å². The highest BCUT2D eigenvalue weighted by molar-refractivity contribution is 6.04. The van der Waals surface area contributed by atoms with Crippen molar-refractivity contribution in [1.82, 2.24) is 19.6 Å².